The molecule has 1 aliphatic carbocycles. The van der Waals surface area contributed by atoms with Crippen LogP contribution in [-0.2, 0) is 9.63 Å². The van der Waals surface area contributed by atoms with Crippen LogP contribution in [0.15, 0.2) is 0 Å². The Morgan fingerprint density at radius 1 is 1.56 bits per heavy atom. The number of hydrogen-bond donors (Lipinski definition) is 1. The highest BCUT2D eigenvalue weighted by atomic mass is 31.0. The smallest absolute Gasteiger partial charge is 0.263 e. The summed E-state index contributed by atoms with van der Waals surface area (Å²) >= 11 is 0. The third-order valence-corrected chi connectivity index (χ3v) is 3.51. The standard InChI is InChI=1S/C11H23N2O2P/c1-3-13(15-4-2)11(14)10(12-16)8-9-6-5-7-9/h9-10,12H,3-8,16H2,1-2H3. The molecule has 2 atom stereocenters. The number of hydroxylamine groups is 2. The summed E-state index contributed by atoms with van der Waals surface area (Å²) < 4.78 is 0. The van der Waals surface area contributed by atoms with E-state index in [1.165, 1.54) is 24.3 Å². The lowest BCUT2D eigenvalue weighted by Crippen LogP contribution is -2.45. The molecule has 1 fully saturated rings. The van der Waals surface area contributed by atoms with Gasteiger partial charge in [-0.2, -0.15) is 0 Å². The molecule has 1 saturated carbocycles. The van der Waals surface area contributed by atoms with Crippen molar-refractivity contribution in [2.45, 2.75) is 45.6 Å². The van der Waals surface area contributed by atoms with Gasteiger partial charge in [-0.1, -0.05) is 28.7 Å². The Balaban J connectivity index is 2.45. The third-order valence-electron chi connectivity index (χ3n) is 3.11. The van der Waals surface area contributed by atoms with Crippen molar-refractivity contribution in [1.82, 2.24) is 10.2 Å². The number of carbonyl (C=O) groups is 1. The van der Waals surface area contributed by atoms with E-state index in [9.17, 15) is 4.79 Å². The van der Waals surface area contributed by atoms with Gasteiger partial charge in [0.1, 0.15) is 0 Å². The van der Waals surface area contributed by atoms with Crippen molar-refractivity contribution >= 4 is 15.3 Å². The zero-order valence-electron chi connectivity index (χ0n) is 10.2. The molecule has 0 bridgehead atoms. The Morgan fingerprint density at radius 3 is 2.62 bits per heavy atom. The van der Waals surface area contributed by atoms with Gasteiger partial charge in [0.2, 0.25) is 0 Å². The fraction of sp³-hybridized carbons (Fsp3) is 0.909. The molecule has 0 aromatic heterocycles. The van der Waals surface area contributed by atoms with E-state index in [0.29, 0.717) is 19.1 Å². The van der Waals surface area contributed by atoms with Gasteiger partial charge >= 0.3 is 0 Å². The van der Waals surface area contributed by atoms with Gasteiger partial charge in [-0.3, -0.25) is 14.7 Å². The topological polar surface area (TPSA) is 41.6 Å². The van der Waals surface area contributed by atoms with E-state index in [0.717, 1.165) is 6.42 Å². The first-order chi connectivity index (χ1) is 7.72. The first-order valence-corrected chi connectivity index (χ1v) is 6.71. The summed E-state index contributed by atoms with van der Waals surface area (Å²) in [5, 5.41) is 4.48. The number of nitrogens with zero attached hydrogens (tertiary/aromatic N) is 1. The monoisotopic (exact) mass is 246 g/mol. The van der Waals surface area contributed by atoms with Gasteiger partial charge in [0, 0.05) is 6.54 Å². The van der Waals surface area contributed by atoms with Crippen LogP contribution in [0.2, 0.25) is 0 Å². The van der Waals surface area contributed by atoms with E-state index in [2.05, 4.69) is 14.5 Å². The second-order valence-electron chi connectivity index (χ2n) is 4.20. The Kier molecular flexibility index (Phi) is 6.25. The molecule has 1 rings (SSSR count). The quantitative estimate of drug-likeness (QED) is 0.549. The molecule has 1 amide bonds. The lowest BCUT2D eigenvalue weighted by atomic mass is 9.81. The van der Waals surface area contributed by atoms with Crippen LogP contribution < -0.4 is 5.09 Å². The molecule has 0 radical (unpaired) electrons. The van der Waals surface area contributed by atoms with Crippen LogP contribution in [0.5, 0.6) is 0 Å². The second kappa shape index (κ2) is 7.21. The number of carbonyl (C=O) groups excluding carboxylic acids is 1. The van der Waals surface area contributed by atoms with Crippen molar-refractivity contribution in [3.63, 3.8) is 0 Å². The SMILES string of the molecule is CCON(CC)C(=O)C(CC1CCC1)NP. The highest BCUT2D eigenvalue weighted by Gasteiger charge is 2.28. The van der Waals surface area contributed by atoms with Crippen molar-refractivity contribution in [2.24, 2.45) is 5.92 Å². The summed E-state index contributed by atoms with van der Waals surface area (Å²) in [6.07, 6.45) is 4.76. The van der Waals surface area contributed by atoms with E-state index in [4.69, 9.17) is 4.84 Å². The van der Waals surface area contributed by atoms with Crippen molar-refractivity contribution in [1.29, 1.82) is 0 Å². The van der Waals surface area contributed by atoms with E-state index >= 15 is 0 Å². The summed E-state index contributed by atoms with van der Waals surface area (Å²) in [6, 6.07) is -0.123. The predicted molar refractivity (Wildman–Crippen MR) is 67.6 cm³/mol. The highest BCUT2D eigenvalue weighted by molar-refractivity contribution is 7.13. The van der Waals surface area contributed by atoms with Crippen LogP contribution in [0, 0.1) is 5.92 Å². The largest absolute Gasteiger partial charge is 0.289 e. The Hall–Kier alpha value is -0.180. The van der Waals surface area contributed by atoms with Crippen molar-refractivity contribution < 1.29 is 9.63 Å². The molecule has 4 nitrogen and oxygen atoms in total. The lowest BCUT2D eigenvalue weighted by Gasteiger charge is -2.31. The minimum atomic E-state index is -0.123. The van der Waals surface area contributed by atoms with E-state index in [1.807, 2.05) is 13.8 Å². The molecule has 0 aromatic carbocycles. The normalized spacial score (nSPS) is 17.9. The molecule has 5 heteroatoms. The molecule has 2 unspecified atom stereocenters. The Labute approximate surface area is 100 Å². The summed E-state index contributed by atoms with van der Waals surface area (Å²) in [7, 11) is 2.45. The first kappa shape index (κ1) is 13.9. The van der Waals surface area contributed by atoms with Gasteiger partial charge < -0.3 is 0 Å². The number of nitrogens with one attached hydrogen (secondary N) is 1. The van der Waals surface area contributed by atoms with Crippen LogP contribution in [0.3, 0.4) is 0 Å². The Morgan fingerprint density at radius 2 is 2.25 bits per heavy atom. The molecular weight excluding hydrogens is 223 g/mol. The number of amides is 1. The van der Waals surface area contributed by atoms with E-state index in [1.54, 1.807) is 0 Å². The maximum atomic E-state index is 12.1. The van der Waals surface area contributed by atoms with Gasteiger partial charge in [-0.15, -0.1) is 0 Å². The highest BCUT2D eigenvalue weighted by Crippen LogP contribution is 2.31. The molecule has 94 valence electrons. The first-order valence-electron chi connectivity index (χ1n) is 6.13. The summed E-state index contributed by atoms with van der Waals surface area (Å²) in [5.41, 5.74) is 0. The second-order valence-corrected chi connectivity index (χ2v) is 4.54. The molecule has 0 aliphatic heterocycles. The van der Waals surface area contributed by atoms with E-state index in [-0.39, 0.29) is 11.9 Å². The van der Waals surface area contributed by atoms with Crippen molar-refractivity contribution in [2.75, 3.05) is 13.2 Å². The van der Waals surface area contributed by atoms with Gasteiger partial charge in [-0.05, 0) is 26.2 Å². The number of hydrogen-bond acceptors (Lipinski definition) is 3. The zero-order chi connectivity index (χ0) is 12.0. The van der Waals surface area contributed by atoms with Crippen molar-refractivity contribution in [3.8, 4) is 0 Å². The van der Waals surface area contributed by atoms with E-state index < -0.39 is 0 Å². The molecule has 0 aromatic rings. The maximum Gasteiger partial charge on any atom is 0.263 e. The van der Waals surface area contributed by atoms with Gasteiger partial charge in [0.25, 0.3) is 5.91 Å². The van der Waals surface area contributed by atoms with Crippen LogP contribution in [0.1, 0.15) is 39.5 Å². The van der Waals surface area contributed by atoms with Gasteiger partial charge in [0.15, 0.2) is 0 Å². The fourth-order valence-electron chi connectivity index (χ4n) is 1.94. The van der Waals surface area contributed by atoms with Crippen LogP contribution in [-0.4, -0.2) is 30.2 Å². The molecule has 1 N–H and O–H groups in total. The minimum absolute atomic E-state index is 0.0475. The number of likely N-dealkylation sites (N-methyl/N-ethyl adjacent to an activating group) is 1. The van der Waals surface area contributed by atoms with Gasteiger partial charge in [-0.25, -0.2) is 5.06 Å². The molecular formula is C11H23N2O2P. The molecule has 0 spiro atoms. The lowest BCUT2D eigenvalue weighted by molar-refractivity contribution is -0.185. The number of rotatable bonds is 7. The Bertz CT molecular complexity index is 222. The summed E-state index contributed by atoms with van der Waals surface area (Å²) in [5.74, 6) is 0.758. The predicted octanol–water partition coefficient (Wildman–Crippen LogP) is 1.72. The molecule has 16 heavy (non-hydrogen) atoms. The third kappa shape index (κ3) is 3.69. The fourth-order valence-corrected chi connectivity index (χ4v) is 2.22. The van der Waals surface area contributed by atoms with Gasteiger partial charge in [0.05, 0.1) is 12.6 Å². The van der Waals surface area contributed by atoms with Crippen LogP contribution >= 0.6 is 9.39 Å². The van der Waals surface area contributed by atoms with Crippen LogP contribution in [0.4, 0.5) is 0 Å². The molecule has 0 heterocycles. The van der Waals surface area contributed by atoms with Crippen LogP contribution in [0.25, 0.3) is 0 Å². The van der Waals surface area contributed by atoms with Crippen molar-refractivity contribution in [3.05, 3.63) is 0 Å². The molecule has 0 saturated heterocycles. The average Bonchev–Trinajstić information content (AvgIpc) is 2.24. The average molecular weight is 246 g/mol. The maximum absolute atomic E-state index is 12.1. The molecule has 1 aliphatic rings. The zero-order valence-corrected chi connectivity index (χ0v) is 11.4. The summed E-state index contributed by atoms with van der Waals surface area (Å²) in [4.78, 5) is 17.4. The minimum Gasteiger partial charge on any atom is -0.289 e. The summed E-state index contributed by atoms with van der Waals surface area (Å²) in [6.45, 7) is 4.95.